The number of amides is 1. The summed E-state index contributed by atoms with van der Waals surface area (Å²) >= 11 is 0. The van der Waals surface area contributed by atoms with Gasteiger partial charge in [0.1, 0.15) is 0 Å². The Bertz CT molecular complexity index is 655. The van der Waals surface area contributed by atoms with Crippen LogP contribution >= 0.6 is 0 Å². The van der Waals surface area contributed by atoms with Gasteiger partial charge in [-0.15, -0.1) is 0 Å². The molecule has 1 amide bonds. The van der Waals surface area contributed by atoms with Crippen LogP contribution in [0, 0.1) is 19.8 Å². The summed E-state index contributed by atoms with van der Waals surface area (Å²) in [6.07, 6.45) is 5.18. The molecule has 3 aliphatic rings. The van der Waals surface area contributed by atoms with E-state index in [2.05, 4.69) is 4.57 Å². The molecule has 23 heavy (non-hydrogen) atoms. The second-order valence-electron chi connectivity index (χ2n) is 7.33. The molecule has 1 aromatic rings. The third-order valence-corrected chi connectivity index (χ3v) is 5.29. The van der Waals surface area contributed by atoms with Crippen LogP contribution < -0.4 is 0 Å². The second-order valence-corrected chi connectivity index (χ2v) is 7.33. The quantitative estimate of drug-likeness (QED) is 0.785. The molecular weight excluding hydrogens is 292 g/mol. The highest BCUT2D eigenvalue weighted by Crippen LogP contribution is 2.38. The number of nitrogens with zero attached hydrogens (tertiary/aromatic N) is 2. The predicted octanol–water partition coefficient (Wildman–Crippen LogP) is 2.61. The van der Waals surface area contributed by atoms with E-state index in [0.717, 1.165) is 30.8 Å². The lowest BCUT2D eigenvalue weighted by atomic mass is 10.1. The number of hydrogen-bond acceptors (Lipinski definition) is 3. The van der Waals surface area contributed by atoms with Crippen molar-refractivity contribution in [2.24, 2.45) is 5.92 Å². The van der Waals surface area contributed by atoms with Crippen LogP contribution in [-0.2, 0) is 9.53 Å². The minimum absolute atomic E-state index is 0.152. The summed E-state index contributed by atoms with van der Waals surface area (Å²) in [7, 11) is 0. The van der Waals surface area contributed by atoms with Gasteiger partial charge in [-0.1, -0.05) is 0 Å². The van der Waals surface area contributed by atoms with Crippen molar-refractivity contribution >= 4 is 11.9 Å². The maximum absolute atomic E-state index is 12.4. The first-order chi connectivity index (χ1) is 11.0. The lowest BCUT2D eigenvalue weighted by Crippen LogP contribution is -2.28. The molecule has 0 spiro atoms. The van der Waals surface area contributed by atoms with Crippen molar-refractivity contribution in [1.82, 2.24) is 9.47 Å². The van der Waals surface area contributed by atoms with Gasteiger partial charge in [0.15, 0.2) is 0 Å². The van der Waals surface area contributed by atoms with E-state index in [1.54, 1.807) is 0 Å². The number of aromatic nitrogens is 1. The van der Waals surface area contributed by atoms with Crippen molar-refractivity contribution in [3.63, 3.8) is 0 Å². The Balaban J connectivity index is 1.37. The van der Waals surface area contributed by atoms with E-state index in [-0.39, 0.29) is 17.8 Å². The Hall–Kier alpha value is -1.78. The molecule has 2 aliphatic carbocycles. The molecule has 0 unspecified atom stereocenters. The van der Waals surface area contributed by atoms with E-state index >= 15 is 0 Å². The zero-order valence-corrected chi connectivity index (χ0v) is 13.9. The fourth-order valence-electron chi connectivity index (χ4n) is 3.81. The number of hydrogen-bond donors (Lipinski definition) is 0. The molecule has 124 valence electrons. The molecule has 4 rings (SSSR count). The van der Waals surface area contributed by atoms with Gasteiger partial charge in [0.2, 0.25) is 5.91 Å². The van der Waals surface area contributed by atoms with Gasteiger partial charge in [-0.05, 0) is 45.6 Å². The van der Waals surface area contributed by atoms with Crippen LogP contribution in [0.4, 0.5) is 0 Å². The first-order valence-corrected chi connectivity index (χ1v) is 8.69. The van der Waals surface area contributed by atoms with Crippen LogP contribution in [0.2, 0.25) is 0 Å². The molecule has 2 saturated carbocycles. The molecule has 0 bridgehead atoms. The molecule has 5 nitrogen and oxygen atoms in total. The van der Waals surface area contributed by atoms with Crippen molar-refractivity contribution in [2.45, 2.75) is 58.0 Å². The van der Waals surface area contributed by atoms with Gasteiger partial charge in [0.25, 0.3) is 0 Å². The maximum Gasteiger partial charge on any atom is 0.339 e. The fraction of sp³-hybridized carbons (Fsp3) is 0.667. The summed E-state index contributed by atoms with van der Waals surface area (Å²) in [4.78, 5) is 26.3. The second kappa shape index (κ2) is 5.39. The van der Waals surface area contributed by atoms with Crippen LogP contribution in [0.15, 0.2) is 6.07 Å². The number of carbonyl (C=O) groups excluding carboxylic acids is 2. The third-order valence-electron chi connectivity index (χ3n) is 5.29. The summed E-state index contributed by atoms with van der Waals surface area (Å²) in [6, 6.07) is 2.96. The zero-order valence-electron chi connectivity index (χ0n) is 13.9. The highest BCUT2D eigenvalue weighted by atomic mass is 16.5. The largest absolute Gasteiger partial charge is 0.462 e. The van der Waals surface area contributed by atoms with Gasteiger partial charge in [-0.25, -0.2) is 4.79 Å². The Kier molecular flexibility index (Phi) is 3.47. The van der Waals surface area contributed by atoms with Crippen LogP contribution in [-0.4, -0.2) is 40.5 Å². The van der Waals surface area contributed by atoms with Crippen LogP contribution in [0.5, 0.6) is 0 Å². The first-order valence-electron chi connectivity index (χ1n) is 8.69. The van der Waals surface area contributed by atoms with Gasteiger partial charge >= 0.3 is 5.97 Å². The number of aryl methyl sites for hydroxylation is 1. The van der Waals surface area contributed by atoms with Crippen molar-refractivity contribution in [3.8, 4) is 0 Å². The molecule has 0 aromatic carbocycles. The Morgan fingerprint density at radius 3 is 2.57 bits per heavy atom. The molecular formula is C18H24N2O3. The fourth-order valence-corrected chi connectivity index (χ4v) is 3.81. The van der Waals surface area contributed by atoms with E-state index in [0.29, 0.717) is 30.7 Å². The Morgan fingerprint density at radius 1 is 1.22 bits per heavy atom. The average Bonchev–Trinajstić information content (AvgIpc) is 3.42. The van der Waals surface area contributed by atoms with Crippen LogP contribution in [0.3, 0.4) is 0 Å². The summed E-state index contributed by atoms with van der Waals surface area (Å²) < 4.78 is 7.78. The minimum atomic E-state index is -0.248. The third kappa shape index (κ3) is 2.77. The zero-order chi connectivity index (χ0) is 16.1. The lowest BCUT2D eigenvalue weighted by molar-refractivity contribution is -0.128. The Labute approximate surface area is 136 Å². The molecule has 0 N–H and O–H groups in total. The Morgan fingerprint density at radius 2 is 1.91 bits per heavy atom. The SMILES string of the molecule is Cc1cc(C(=O)OC[C@@H]2CC(=O)N(C3CC3)C2)c(C)n1C1CC1. The molecule has 2 heterocycles. The van der Waals surface area contributed by atoms with Gasteiger partial charge in [-0.2, -0.15) is 0 Å². The van der Waals surface area contributed by atoms with Gasteiger partial charge < -0.3 is 14.2 Å². The van der Waals surface area contributed by atoms with Crippen LogP contribution in [0.1, 0.15) is 59.9 Å². The standard InChI is InChI=1S/C18H24N2O3/c1-11-7-16(12(2)20(11)15-5-6-15)18(22)23-10-13-8-17(21)19(9-13)14-3-4-14/h7,13-15H,3-6,8-10H2,1-2H3/t13-/m1/s1. The van der Waals surface area contributed by atoms with Crippen molar-refractivity contribution in [3.05, 3.63) is 23.0 Å². The monoisotopic (exact) mass is 316 g/mol. The molecule has 0 radical (unpaired) electrons. The normalized spacial score (nSPS) is 24.3. The summed E-state index contributed by atoms with van der Waals surface area (Å²) in [5, 5.41) is 0. The van der Waals surface area contributed by atoms with E-state index in [4.69, 9.17) is 4.74 Å². The predicted molar refractivity (Wildman–Crippen MR) is 85.3 cm³/mol. The highest BCUT2D eigenvalue weighted by molar-refractivity contribution is 5.91. The molecule has 1 atom stereocenters. The smallest absolute Gasteiger partial charge is 0.339 e. The van der Waals surface area contributed by atoms with E-state index in [9.17, 15) is 9.59 Å². The van der Waals surface area contributed by atoms with Gasteiger partial charge in [0.05, 0.1) is 12.2 Å². The number of esters is 1. The number of carbonyl (C=O) groups is 2. The molecule has 1 saturated heterocycles. The van der Waals surface area contributed by atoms with E-state index in [1.165, 1.54) is 12.8 Å². The van der Waals surface area contributed by atoms with Crippen molar-refractivity contribution in [1.29, 1.82) is 0 Å². The van der Waals surface area contributed by atoms with Crippen LogP contribution in [0.25, 0.3) is 0 Å². The minimum Gasteiger partial charge on any atom is -0.462 e. The average molecular weight is 316 g/mol. The summed E-state index contributed by atoms with van der Waals surface area (Å²) in [5.74, 6) is 0.127. The highest BCUT2D eigenvalue weighted by Gasteiger charge is 2.39. The van der Waals surface area contributed by atoms with Gasteiger partial charge in [-0.3, -0.25) is 4.79 Å². The number of likely N-dealkylation sites (tertiary alicyclic amines) is 1. The summed E-state index contributed by atoms with van der Waals surface area (Å²) in [5.41, 5.74) is 2.82. The van der Waals surface area contributed by atoms with E-state index in [1.807, 2.05) is 24.8 Å². The molecule has 1 aliphatic heterocycles. The lowest BCUT2D eigenvalue weighted by Gasteiger charge is -2.15. The first kappa shape index (κ1) is 14.8. The van der Waals surface area contributed by atoms with E-state index < -0.39 is 0 Å². The van der Waals surface area contributed by atoms with Crippen molar-refractivity contribution in [2.75, 3.05) is 13.2 Å². The topological polar surface area (TPSA) is 51.5 Å². The van der Waals surface area contributed by atoms with Crippen molar-refractivity contribution < 1.29 is 14.3 Å². The maximum atomic E-state index is 12.4. The number of ether oxygens (including phenoxy) is 1. The summed E-state index contributed by atoms with van der Waals surface area (Å²) in [6.45, 7) is 5.14. The molecule has 3 fully saturated rings. The number of rotatable bonds is 5. The van der Waals surface area contributed by atoms with Gasteiger partial charge in [0, 0.05) is 42.4 Å². The molecule has 5 heteroatoms. The molecule has 1 aromatic heterocycles.